The van der Waals surface area contributed by atoms with Gasteiger partial charge in [0.15, 0.2) is 5.13 Å². The molecule has 1 amide bonds. The molecule has 1 aliphatic heterocycles. The van der Waals surface area contributed by atoms with Gasteiger partial charge in [0.05, 0.1) is 28.8 Å². The Morgan fingerprint density at radius 2 is 1.81 bits per heavy atom. The zero-order valence-electron chi connectivity index (χ0n) is 20.5. The molecule has 0 radical (unpaired) electrons. The van der Waals surface area contributed by atoms with Crippen molar-refractivity contribution in [3.63, 3.8) is 0 Å². The Bertz CT molecular complexity index is 1480. The second-order valence-corrected chi connectivity index (χ2v) is 11.9. The lowest BCUT2D eigenvalue weighted by Gasteiger charge is -2.21. The van der Waals surface area contributed by atoms with Crippen LogP contribution in [0.1, 0.15) is 41.6 Å². The number of hydrogen-bond donors (Lipinski definition) is 0. The summed E-state index contributed by atoms with van der Waals surface area (Å²) in [7, 11) is -1.99. The molecule has 10 heteroatoms. The maximum atomic E-state index is 13.7. The lowest BCUT2D eigenvalue weighted by molar-refractivity contribution is 0.0985. The number of benzene rings is 2. The average molecular weight is 537 g/mol. The highest BCUT2D eigenvalue weighted by molar-refractivity contribution is 7.89. The van der Waals surface area contributed by atoms with Gasteiger partial charge in [-0.05, 0) is 66.9 Å². The predicted octanol–water partition coefficient (Wildman–Crippen LogP) is 5.11. The number of hydrogen-bond acceptors (Lipinski definition) is 7. The van der Waals surface area contributed by atoms with Gasteiger partial charge < -0.3 is 4.74 Å². The third-order valence-electron chi connectivity index (χ3n) is 6.43. The van der Waals surface area contributed by atoms with Gasteiger partial charge in [0, 0.05) is 31.0 Å². The molecule has 1 saturated heterocycles. The van der Waals surface area contributed by atoms with Gasteiger partial charge in [-0.25, -0.2) is 13.4 Å². The number of nitrogens with zero attached hydrogens (tertiary/aromatic N) is 4. The second kappa shape index (κ2) is 11.0. The van der Waals surface area contributed by atoms with Gasteiger partial charge in [0.1, 0.15) is 5.75 Å². The van der Waals surface area contributed by atoms with Crippen LogP contribution in [0.25, 0.3) is 10.2 Å². The van der Waals surface area contributed by atoms with E-state index in [1.807, 2.05) is 30.3 Å². The van der Waals surface area contributed by atoms with E-state index in [2.05, 4.69) is 4.98 Å². The van der Waals surface area contributed by atoms with Crippen molar-refractivity contribution in [3.8, 4) is 5.75 Å². The number of anilines is 1. The van der Waals surface area contributed by atoms with Crippen LogP contribution in [-0.2, 0) is 16.6 Å². The Labute approximate surface area is 220 Å². The number of pyridine rings is 1. The Morgan fingerprint density at radius 3 is 2.49 bits per heavy atom. The molecular formula is C27H28N4O4S2. The quantitative estimate of drug-likeness (QED) is 0.326. The summed E-state index contributed by atoms with van der Waals surface area (Å²) in [6.07, 6.45) is 7.23. The van der Waals surface area contributed by atoms with Crippen molar-refractivity contribution < 1.29 is 17.9 Å². The molecule has 2 aromatic carbocycles. The van der Waals surface area contributed by atoms with E-state index in [1.54, 1.807) is 40.8 Å². The third-order valence-corrected chi connectivity index (χ3v) is 9.38. The molecule has 0 N–H and O–H groups in total. The Hall–Kier alpha value is -3.34. The first-order chi connectivity index (χ1) is 18.0. The van der Waals surface area contributed by atoms with Crippen LogP contribution in [0.3, 0.4) is 0 Å². The smallest absolute Gasteiger partial charge is 0.260 e. The highest BCUT2D eigenvalue weighted by atomic mass is 32.2. The normalized spacial score (nSPS) is 14.8. The van der Waals surface area contributed by atoms with Crippen LogP contribution in [0.5, 0.6) is 5.75 Å². The van der Waals surface area contributed by atoms with Crippen molar-refractivity contribution in [1.82, 2.24) is 14.3 Å². The molecule has 1 fully saturated rings. The zero-order chi connectivity index (χ0) is 25.8. The van der Waals surface area contributed by atoms with Crippen LogP contribution in [0, 0.1) is 0 Å². The fraction of sp³-hybridized carbons (Fsp3) is 0.296. The number of aromatic nitrogens is 2. The van der Waals surface area contributed by atoms with Gasteiger partial charge in [-0.3, -0.25) is 14.7 Å². The summed E-state index contributed by atoms with van der Waals surface area (Å²) in [5.74, 6) is 0.447. The van der Waals surface area contributed by atoms with Crippen molar-refractivity contribution in [3.05, 3.63) is 78.1 Å². The average Bonchev–Trinajstić information content (AvgIpc) is 3.14. The van der Waals surface area contributed by atoms with Crippen molar-refractivity contribution in [2.24, 2.45) is 0 Å². The summed E-state index contributed by atoms with van der Waals surface area (Å²) in [6.45, 7) is 1.34. The highest BCUT2D eigenvalue weighted by Gasteiger charge is 2.27. The number of amides is 1. The number of methoxy groups -OCH3 is 1. The molecule has 4 aromatic rings. The second-order valence-electron chi connectivity index (χ2n) is 8.93. The van der Waals surface area contributed by atoms with E-state index in [1.165, 1.54) is 23.5 Å². The van der Waals surface area contributed by atoms with E-state index >= 15 is 0 Å². The fourth-order valence-corrected chi connectivity index (χ4v) is 6.90. The molecule has 0 saturated carbocycles. The molecular weight excluding hydrogens is 508 g/mol. The Kier molecular flexibility index (Phi) is 7.50. The minimum Gasteiger partial charge on any atom is -0.497 e. The molecule has 0 atom stereocenters. The van der Waals surface area contributed by atoms with E-state index < -0.39 is 10.0 Å². The summed E-state index contributed by atoms with van der Waals surface area (Å²) < 4.78 is 34.1. The Morgan fingerprint density at radius 1 is 1.05 bits per heavy atom. The summed E-state index contributed by atoms with van der Waals surface area (Å²) >= 11 is 1.40. The number of carbonyl (C=O) groups is 1. The number of ether oxygens (including phenoxy) is 1. The molecule has 1 aliphatic rings. The van der Waals surface area contributed by atoms with Crippen LogP contribution in [0.15, 0.2) is 71.9 Å². The summed E-state index contributed by atoms with van der Waals surface area (Å²) in [6, 6.07) is 15.5. The van der Waals surface area contributed by atoms with Crippen molar-refractivity contribution >= 4 is 42.6 Å². The largest absolute Gasteiger partial charge is 0.497 e. The van der Waals surface area contributed by atoms with Crippen molar-refractivity contribution in [2.45, 2.75) is 37.1 Å². The summed E-state index contributed by atoms with van der Waals surface area (Å²) in [5, 5.41) is 0.540. The molecule has 192 valence electrons. The first kappa shape index (κ1) is 25.3. The molecule has 2 aromatic heterocycles. The molecule has 0 spiro atoms. The van der Waals surface area contributed by atoms with Crippen LogP contribution in [-0.4, -0.2) is 48.8 Å². The van der Waals surface area contributed by atoms with Crippen LogP contribution in [0.2, 0.25) is 0 Å². The predicted molar refractivity (Wildman–Crippen MR) is 145 cm³/mol. The molecule has 8 nitrogen and oxygen atoms in total. The number of rotatable bonds is 7. The van der Waals surface area contributed by atoms with E-state index in [0.29, 0.717) is 29.5 Å². The van der Waals surface area contributed by atoms with E-state index in [0.717, 1.165) is 41.5 Å². The van der Waals surface area contributed by atoms with Crippen LogP contribution in [0.4, 0.5) is 5.13 Å². The SMILES string of the molecule is COc1ccc2nc(N(Cc3cccnc3)C(=O)c3ccc(S(=O)(=O)N4CCCCCC4)cc3)sc2c1. The summed E-state index contributed by atoms with van der Waals surface area (Å²) in [5.41, 5.74) is 2.01. The minimum atomic E-state index is -3.59. The standard InChI is InChI=1S/C27H28N4O4S2/c1-35-22-10-13-24-25(17-22)36-27(29-24)31(19-20-7-6-14-28-18-20)26(32)21-8-11-23(12-9-21)37(33,34)30-15-4-2-3-5-16-30/h6-14,17-18H,2-5,15-16,19H2,1H3. The first-order valence-electron chi connectivity index (χ1n) is 12.2. The molecule has 0 aliphatic carbocycles. The van der Waals surface area contributed by atoms with Gasteiger partial charge in [0.25, 0.3) is 5.91 Å². The molecule has 37 heavy (non-hydrogen) atoms. The summed E-state index contributed by atoms with van der Waals surface area (Å²) in [4.78, 5) is 24.4. The lowest BCUT2D eigenvalue weighted by atomic mass is 10.2. The number of sulfonamides is 1. The zero-order valence-corrected chi connectivity index (χ0v) is 22.2. The minimum absolute atomic E-state index is 0.205. The van der Waals surface area contributed by atoms with E-state index in [9.17, 15) is 13.2 Å². The van der Waals surface area contributed by atoms with Gasteiger partial charge in [-0.2, -0.15) is 4.31 Å². The van der Waals surface area contributed by atoms with Crippen LogP contribution < -0.4 is 9.64 Å². The molecule has 3 heterocycles. The Balaban J connectivity index is 1.46. The van der Waals surface area contributed by atoms with E-state index in [4.69, 9.17) is 9.72 Å². The fourth-order valence-electron chi connectivity index (χ4n) is 4.39. The third kappa shape index (κ3) is 5.51. The maximum Gasteiger partial charge on any atom is 0.260 e. The lowest BCUT2D eigenvalue weighted by Crippen LogP contribution is -2.32. The monoisotopic (exact) mass is 536 g/mol. The van der Waals surface area contributed by atoms with Gasteiger partial charge in [-0.15, -0.1) is 0 Å². The first-order valence-corrected chi connectivity index (χ1v) is 14.5. The van der Waals surface area contributed by atoms with E-state index in [-0.39, 0.29) is 17.3 Å². The van der Waals surface area contributed by atoms with Crippen molar-refractivity contribution in [2.75, 3.05) is 25.1 Å². The number of thiazole rings is 1. The van der Waals surface area contributed by atoms with Gasteiger partial charge >= 0.3 is 0 Å². The molecule has 5 rings (SSSR count). The highest BCUT2D eigenvalue weighted by Crippen LogP contribution is 2.33. The molecule has 0 bridgehead atoms. The van der Waals surface area contributed by atoms with Gasteiger partial charge in [-0.1, -0.05) is 30.2 Å². The maximum absolute atomic E-state index is 13.7. The number of carbonyl (C=O) groups excluding carboxylic acids is 1. The topological polar surface area (TPSA) is 92.7 Å². The number of fused-ring (bicyclic) bond motifs is 1. The van der Waals surface area contributed by atoms with Gasteiger partial charge in [0.2, 0.25) is 10.0 Å². The van der Waals surface area contributed by atoms with Crippen molar-refractivity contribution in [1.29, 1.82) is 0 Å². The van der Waals surface area contributed by atoms with Crippen LogP contribution >= 0.6 is 11.3 Å². The molecule has 0 unspecified atom stereocenters.